The molecule has 1 aromatic carbocycles. The van der Waals surface area contributed by atoms with Crippen LogP contribution in [0.2, 0.25) is 0 Å². The fourth-order valence-corrected chi connectivity index (χ4v) is 3.03. The van der Waals surface area contributed by atoms with E-state index >= 15 is 0 Å². The van der Waals surface area contributed by atoms with Gasteiger partial charge in [-0.2, -0.15) is 0 Å². The van der Waals surface area contributed by atoms with Gasteiger partial charge in [0.15, 0.2) is 0 Å². The van der Waals surface area contributed by atoms with Crippen molar-refractivity contribution in [2.75, 3.05) is 13.6 Å². The molecule has 0 aliphatic carbocycles. The third kappa shape index (κ3) is 5.03. The summed E-state index contributed by atoms with van der Waals surface area (Å²) in [6.07, 6.45) is -0.379. The van der Waals surface area contributed by atoms with Gasteiger partial charge in [-0.05, 0) is 18.9 Å². The van der Waals surface area contributed by atoms with Crippen LogP contribution in [-0.4, -0.2) is 53.5 Å². The van der Waals surface area contributed by atoms with Gasteiger partial charge in [-0.1, -0.05) is 30.3 Å². The molecule has 2 rings (SSSR count). The molecule has 0 saturated carbocycles. The highest BCUT2D eigenvalue weighted by Gasteiger charge is 2.35. The Bertz CT molecular complexity index is 618. The maximum absolute atomic E-state index is 12.6. The molecule has 3 amide bonds. The van der Waals surface area contributed by atoms with Crippen LogP contribution in [-0.2, 0) is 20.9 Å². The number of aliphatic hydroxyl groups is 1. The van der Waals surface area contributed by atoms with E-state index in [1.54, 1.807) is 0 Å². The molecule has 7 heteroatoms. The van der Waals surface area contributed by atoms with Crippen LogP contribution in [0.5, 0.6) is 0 Å². The Balaban J connectivity index is 2.01. The van der Waals surface area contributed by atoms with Gasteiger partial charge in [0.25, 0.3) is 0 Å². The zero-order chi connectivity index (χ0) is 18.4. The molecule has 1 unspecified atom stereocenters. The molecule has 1 saturated heterocycles. The zero-order valence-corrected chi connectivity index (χ0v) is 14.6. The van der Waals surface area contributed by atoms with Crippen molar-refractivity contribution in [3.8, 4) is 0 Å². The second-order valence-electron chi connectivity index (χ2n) is 6.38. The summed E-state index contributed by atoms with van der Waals surface area (Å²) < 4.78 is 0. The normalized spacial score (nSPS) is 19.5. The molecule has 1 aliphatic heterocycles. The Hall–Kier alpha value is -2.41. The van der Waals surface area contributed by atoms with Gasteiger partial charge in [-0.3, -0.25) is 14.4 Å². The van der Waals surface area contributed by atoms with Crippen molar-refractivity contribution in [3.05, 3.63) is 35.9 Å². The number of carbonyl (C=O) groups excluding carboxylic acids is 3. The van der Waals surface area contributed by atoms with E-state index in [1.807, 2.05) is 30.3 Å². The second-order valence-corrected chi connectivity index (χ2v) is 6.38. The van der Waals surface area contributed by atoms with Crippen molar-refractivity contribution in [3.63, 3.8) is 0 Å². The number of amides is 3. The van der Waals surface area contributed by atoms with Gasteiger partial charge in [0, 0.05) is 32.5 Å². The van der Waals surface area contributed by atoms with E-state index in [-0.39, 0.29) is 18.2 Å². The molecule has 1 heterocycles. The van der Waals surface area contributed by atoms with Crippen LogP contribution in [0.25, 0.3) is 0 Å². The maximum atomic E-state index is 12.6. The quantitative estimate of drug-likeness (QED) is 0.676. The lowest BCUT2D eigenvalue weighted by Gasteiger charge is -2.33. The molecule has 136 valence electrons. The highest BCUT2D eigenvalue weighted by molar-refractivity contribution is 5.91. The lowest BCUT2D eigenvalue weighted by molar-refractivity contribution is -0.147. The lowest BCUT2D eigenvalue weighted by atomic mass is 9.95. The molecule has 1 aromatic rings. The van der Waals surface area contributed by atoms with E-state index < -0.39 is 24.0 Å². The summed E-state index contributed by atoms with van der Waals surface area (Å²) in [7, 11) is 1.49. The number of carbonyl (C=O) groups is 3. The van der Waals surface area contributed by atoms with Crippen molar-refractivity contribution in [1.29, 1.82) is 0 Å². The maximum Gasteiger partial charge on any atom is 0.245 e. The number of hydrogen-bond acceptors (Lipinski definition) is 4. The average molecular weight is 347 g/mol. The standard InChI is InChI=1S/C18H25N3O4/c1-12(22)16(17(24)20-11-13-6-4-3-5-7-13)21(2)18(25)14-8-9-19-15(23)10-14/h3-7,12,14,16,22H,8-11H2,1-2H3,(H,19,23)(H,20,24)/t12-,14?,16+/m1/s1. The molecule has 25 heavy (non-hydrogen) atoms. The van der Waals surface area contributed by atoms with Gasteiger partial charge in [0.05, 0.1) is 6.10 Å². The first kappa shape index (κ1) is 18.9. The minimum Gasteiger partial charge on any atom is -0.391 e. The molecule has 0 radical (unpaired) electrons. The summed E-state index contributed by atoms with van der Waals surface area (Å²) in [6.45, 7) is 2.24. The molecule has 3 N–H and O–H groups in total. The first-order valence-corrected chi connectivity index (χ1v) is 8.43. The third-order valence-corrected chi connectivity index (χ3v) is 4.40. The van der Waals surface area contributed by atoms with E-state index in [9.17, 15) is 19.5 Å². The number of hydrogen-bond donors (Lipinski definition) is 3. The number of rotatable bonds is 6. The lowest BCUT2D eigenvalue weighted by Crippen LogP contribution is -2.55. The summed E-state index contributed by atoms with van der Waals surface area (Å²) in [5.74, 6) is -1.34. The van der Waals surface area contributed by atoms with Crippen molar-refractivity contribution in [1.82, 2.24) is 15.5 Å². The van der Waals surface area contributed by atoms with Gasteiger partial charge in [-0.15, -0.1) is 0 Å². The fourth-order valence-electron chi connectivity index (χ4n) is 3.03. The number of benzene rings is 1. The van der Waals surface area contributed by atoms with E-state index in [0.717, 1.165) is 5.56 Å². The van der Waals surface area contributed by atoms with Crippen molar-refractivity contribution >= 4 is 17.7 Å². The molecule has 1 fully saturated rings. The Kier molecular flexibility index (Phi) is 6.52. The number of aliphatic hydroxyl groups excluding tert-OH is 1. The monoisotopic (exact) mass is 347 g/mol. The van der Waals surface area contributed by atoms with Crippen LogP contribution in [0.4, 0.5) is 0 Å². The first-order valence-electron chi connectivity index (χ1n) is 8.43. The molecule has 0 bridgehead atoms. The zero-order valence-electron chi connectivity index (χ0n) is 14.6. The van der Waals surface area contributed by atoms with Gasteiger partial charge in [0.1, 0.15) is 6.04 Å². The number of likely N-dealkylation sites (N-methyl/N-ethyl adjacent to an activating group) is 1. The van der Waals surface area contributed by atoms with Crippen LogP contribution in [0.3, 0.4) is 0 Å². The number of piperidine rings is 1. The Morgan fingerprint density at radius 1 is 1.36 bits per heavy atom. The van der Waals surface area contributed by atoms with Gasteiger partial charge in [0.2, 0.25) is 17.7 Å². The topological polar surface area (TPSA) is 98.7 Å². The van der Waals surface area contributed by atoms with Gasteiger partial charge in [-0.25, -0.2) is 0 Å². The van der Waals surface area contributed by atoms with Crippen molar-refractivity contribution in [2.24, 2.45) is 5.92 Å². The highest BCUT2D eigenvalue weighted by atomic mass is 16.3. The van der Waals surface area contributed by atoms with Crippen molar-refractivity contribution < 1.29 is 19.5 Å². The number of nitrogens with one attached hydrogen (secondary N) is 2. The smallest absolute Gasteiger partial charge is 0.245 e. The second kappa shape index (κ2) is 8.62. The molecule has 1 aliphatic rings. The van der Waals surface area contributed by atoms with Crippen LogP contribution in [0, 0.1) is 5.92 Å². The molecule has 0 aromatic heterocycles. The molecule has 7 nitrogen and oxygen atoms in total. The summed E-state index contributed by atoms with van der Waals surface area (Å²) in [5.41, 5.74) is 0.929. The predicted octanol–water partition coefficient (Wildman–Crippen LogP) is 0.0368. The van der Waals surface area contributed by atoms with E-state index in [0.29, 0.717) is 19.5 Å². The van der Waals surface area contributed by atoms with Crippen molar-refractivity contribution in [2.45, 2.75) is 38.5 Å². The van der Waals surface area contributed by atoms with Gasteiger partial charge < -0.3 is 20.6 Å². The SMILES string of the molecule is C[C@@H](O)[C@@H](C(=O)NCc1ccccc1)N(C)C(=O)C1CCNC(=O)C1. The summed E-state index contributed by atoms with van der Waals surface area (Å²) in [6, 6.07) is 8.40. The molecule has 0 spiro atoms. The van der Waals surface area contributed by atoms with Crippen LogP contribution in [0.1, 0.15) is 25.3 Å². The van der Waals surface area contributed by atoms with Crippen LogP contribution < -0.4 is 10.6 Å². The Labute approximate surface area is 147 Å². The Morgan fingerprint density at radius 2 is 2.04 bits per heavy atom. The van der Waals surface area contributed by atoms with Crippen LogP contribution in [0.15, 0.2) is 30.3 Å². The summed E-state index contributed by atoms with van der Waals surface area (Å²) in [4.78, 5) is 37.9. The van der Waals surface area contributed by atoms with E-state index in [1.165, 1.54) is 18.9 Å². The Morgan fingerprint density at radius 3 is 2.64 bits per heavy atom. The first-order chi connectivity index (χ1) is 11.9. The van der Waals surface area contributed by atoms with E-state index in [2.05, 4.69) is 10.6 Å². The summed E-state index contributed by atoms with van der Waals surface area (Å²) in [5, 5.41) is 15.5. The third-order valence-electron chi connectivity index (χ3n) is 4.40. The van der Waals surface area contributed by atoms with E-state index in [4.69, 9.17) is 0 Å². The molecular weight excluding hydrogens is 322 g/mol. The largest absolute Gasteiger partial charge is 0.391 e. The van der Waals surface area contributed by atoms with Gasteiger partial charge >= 0.3 is 0 Å². The predicted molar refractivity (Wildman–Crippen MR) is 92.3 cm³/mol. The summed E-state index contributed by atoms with van der Waals surface area (Å²) >= 11 is 0. The average Bonchev–Trinajstić information content (AvgIpc) is 2.60. The number of nitrogens with zero attached hydrogens (tertiary/aromatic N) is 1. The highest BCUT2D eigenvalue weighted by Crippen LogP contribution is 2.18. The fraction of sp³-hybridized carbons (Fsp3) is 0.500. The molecule has 3 atom stereocenters. The van der Waals surface area contributed by atoms with Crippen LogP contribution >= 0.6 is 0 Å². The molecular formula is C18H25N3O4. The minimum absolute atomic E-state index is 0.112. The minimum atomic E-state index is -1.03.